The lowest BCUT2D eigenvalue weighted by Crippen LogP contribution is -2.59. The molecule has 0 bridgehead atoms. The molecule has 46 heavy (non-hydrogen) atoms. The summed E-state index contributed by atoms with van der Waals surface area (Å²) in [6.45, 7) is 4.02. The summed E-state index contributed by atoms with van der Waals surface area (Å²) in [6.07, 6.45) is 23.8. The molecule has 9 nitrogen and oxygen atoms in total. The fraction of sp³-hybridized carbons (Fsp3) is 0.973. The summed E-state index contributed by atoms with van der Waals surface area (Å²) in [7, 11) is 0. The van der Waals surface area contributed by atoms with Crippen LogP contribution in [0.1, 0.15) is 168 Å². The molecule has 0 radical (unpaired) electrons. The van der Waals surface area contributed by atoms with Crippen LogP contribution in [0.25, 0.3) is 0 Å². The van der Waals surface area contributed by atoms with E-state index in [0.717, 1.165) is 12.8 Å². The van der Waals surface area contributed by atoms with Gasteiger partial charge in [-0.1, -0.05) is 155 Å². The Morgan fingerprint density at radius 2 is 1.04 bits per heavy atom. The molecule has 0 spiro atoms. The van der Waals surface area contributed by atoms with Gasteiger partial charge in [-0.15, -0.1) is 0 Å². The van der Waals surface area contributed by atoms with Crippen molar-refractivity contribution in [2.75, 3.05) is 26.4 Å². The third-order valence-corrected chi connectivity index (χ3v) is 9.08. The van der Waals surface area contributed by atoms with Gasteiger partial charge in [0, 0.05) is 13.0 Å². The molecular weight excluding hydrogens is 588 g/mol. The number of carbonyl (C=O) groups is 1. The minimum absolute atomic E-state index is 0.117. The molecule has 1 saturated heterocycles. The third-order valence-electron chi connectivity index (χ3n) is 9.08. The summed E-state index contributed by atoms with van der Waals surface area (Å²) >= 11 is 0. The fourth-order valence-electron chi connectivity index (χ4n) is 6.00. The zero-order valence-corrected chi connectivity index (χ0v) is 29.6. The van der Waals surface area contributed by atoms with E-state index < -0.39 is 49.4 Å². The van der Waals surface area contributed by atoms with Crippen LogP contribution in [0.3, 0.4) is 0 Å². The lowest BCUT2D eigenvalue weighted by atomic mass is 9.99. The molecule has 9 heteroatoms. The van der Waals surface area contributed by atoms with E-state index in [-0.39, 0.29) is 19.6 Å². The van der Waals surface area contributed by atoms with Crippen LogP contribution in [-0.2, 0) is 23.7 Å². The van der Waals surface area contributed by atoms with Crippen molar-refractivity contribution in [2.45, 2.75) is 205 Å². The van der Waals surface area contributed by atoms with Crippen molar-refractivity contribution < 1.29 is 44.2 Å². The average molecular weight is 661 g/mol. The number of unbranched alkanes of at least 4 members (excludes halogenated alkanes) is 22. The van der Waals surface area contributed by atoms with Crippen LogP contribution in [0.4, 0.5) is 0 Å². The molecule has 0 aliphatic carbocycles. The normalized spacial score (nSPS) is 22.3. The second kappa shape index (κ2) is 30.3. The summed E-state index contributed by atoms with van der Waals surface area (Å²) in [5.74, 6) is -0.398. The molecule has 1 aliphatic rings. The maximum absolute atomic E-state index is 11.9. The van der Waals surface area contributed by atoms with Crippen molar-refractivity contribution in [2.24, 2.45) is 0 Å². The van der Waals surface area contributed by atoms with Gasteiger partial charge in [0.15, 0.2) is 6.29 Å². The Kier molecular flexibility index (Phi) is 28.4. The van der Waals surface area contributed by atoms with Gasteiger partial charge >= 0.3 is 5.97 Å². The van der Waals surface area contributed by atoms with Crippen molar-refractivity contribution in [3.8, 4) is 0 Å². The summed E-state index contributed by atoms with van der Waals surface area (Å²) in [5, 5.41) is 39.4. The third kappa shape index (κ3) is 21.9. The molecule has 1 heterocycles. The van der Waals surface area contributed by atoms with Crippen molar-refractivity contribution in [3.63, 3.8) is 0 Å². The van der Waals surface area contributed by atoms with E-state index in [1.165, 1.54) is 135 Å². The van der Waals surface area contributed by atoms with Crippen LogP contribution in [-0.4, -0.2) is 89.6 Å². The Morgan fingerprint density at radius 1 is 0.609 bits per heavy atom. The van der Waals surface area contributed by atoms with Crippen LogP contribution in [0.2, 0.25) is 0 Å². The molecule has 0 aromatic heterocycles. The van der Waals surface area contributed by atoms with Crippen molar-refractivity contribution in [1.82, 2.24) is 0 Å². The first-order valence-electron chi connectivity index (χ1n) is 19.1. The van der Waals surface area contributed by atoms with Gasteiger partial charge in [0.05, 0.1) is 19.8 Å². The van der Waals surface area contributed by atoms with E-state index in [2.05, 4.69) is 6.92 Å². The Labute approximate surface area is 281 Å². The van der Waals surface area contributed by atoms with Crippen molar-refractivity contribution >= 4 is 5.97 Å². The maximum atomic E-state index is 11.9. The monoisotopic (exact) mass is 661 g/mol. The minimum Gasteiger partial charge on any atom is -0.457 e. The van der Waals surface area contributed by atoms with Gasteiger partial charge < -0.3 is 39.4 Å². The highest BCUT2D eigenvalue weighted by Crippen LogP contribution is 2.22. The summed E-state index contributed by atoms with van der Waals surface area (Å²) in [4.78, 5) is 11.9. The second-order valence-corrected chi connectivity index (χ2v) is 13.3. The number of aliphatic hydroxyl groups is 4. The van der Waals surface area contributed by atoms with E-state index >= 15 is 0 Å². The SMILES string of the molecule is CCCCCCCCCCCCCCCCCCCCCCCCCOCC(COC1OC(CO)C(O)C(O)C1O)OC(=O)CC. The van der Waals surface area contributed by atoms with E-state index in [4.69, 9.17) is 18.9 Å². The van der Waals surface area contributed by atoms with Crippen LogP contribution in [0.15, 0.2) is 0 Å². The first-order chi connectivity index (χ1) is 22.4. The topological polar surface area (TPSA) is 135 Å². The number of aliphatic hydroxyl groups excluding tert-OH is 4. The first kappa shape index (κ1) is 43.2. The zero-order chi connectivity index (χ0) is 33.7. The molecule has 0 aromatic carbocycles. The number of hydrogen-bond donors (Lipinski definition) is 4. The zero-order valence-electron chi connectivity index (χ0n) is 29.6. The lowest BCUT2D eigenvalue weighted by molar-refractivity contribution is -0.305. The van der Waals surface area contributed by atoms with Crippen LogP contribution in [0.5, 0.6) is 0 Å². The molecular formula is C37H72O9. The largest absolute Gasteiger partial charge is 0.457 e. The highest BCUT2D eigenvalue weighted by Gasteiger charge is 2.44. The van der Waals surface area contributed by atoms with Crippen molar-refractivity contribution in [3.05, 3.63) is 0 Å². The molecule has 6 unspecified atom stereocenters. The van der Waals surface area contributed by atoms with Crippen LogP contribution in [0, 0.1) is 0 Å². The van der Waals surface area contributed by atoms with E-state index in [9.17, 15) is 25.2 Å². The molecule has 6 atom stereocenters. The molecule has 0 amide bonds. The van der Waals surface area contributed by atoms with Gasteiger partial charge in [-0.05, 0) is 6.42 Å². The van der Waals surface area contributed by atoms with Gasteiger partial charge in [-0.3, -0.25) is 4.79 Å². The van der Waals surface area contributed by atoms with Gasteiger partial charge in [-0.2, -0.15) is 0 Å². The quantitative estimate of drug-likeness (QED) is 0.0439. The van der Waals surface area contributed by atoms with Gasteiger partial charge in [-0.25, -0.2) is 0 Å². The summed E-state index contributed by atoms with van der Waals surface area (Å²) in [6, 6.07) is 0. The average Bonchev–Trinajstić information content (AvgIpc) is 3.06. The van der Waals surface area contributed by atoms with E-state index in [0.29, 0.717) is 6.61 Å². The number of esters is 1. The smallest absolute Gasteiger partial charge is 0.305 e. The number of hydrogen-bond acceptors (Lipinski definition) is 9. The summed E-state index contributed by atoms with van der Waals surface area (Å²) in [5.41, 5.74) is 0. The second-order valence-electron chi connectivity index (χ2n) is 13.3. The lowest BCUT2D eigenvalue weighted by Gasteiger charge is -2.39. The molecule has 4 N–H and O–H groups in total. The van der Waals surface area contributed by atoms with Gasteiger partial charge in [0.25, 0.3) is 0 Å². The van der Waals surface area contributed by atoms with E-state index in [1.807, 2.05) is 0 Å². The van der Waals surface area contributed by atoms with Gasteiger partial charge in [0.1, 0.15) is 30.5 Å². The van der Waals surface area contributed by atoms with E-state index in [1.54, 1.807) is 6.92 Å². The molecule has 274 valence electrons. The Bertz CT molecular complexity index is 677. The maximum Gasteiger partial charge on any atom is 0.305 e. The van der Waals surface area contributed by atoms with Crippen LogP contribution < -0.4 is 0 Å². The van der Waals surface area contributed by atoms with Crippen LogP contribution >= 0.6 is 0 Å². The highest BCUT2D eigenvalue weighted by molar-refractivity contribution is 5.69. The number of rotatable bonds is 32. The molecule has 0 saturated carbocycles. The first-order valence-corrected chi connectivity index (χ1v) is 19.1. The highest BCUT2D eigenvalue weighted by atomic mass is 16.7. The Balaban J connectivity index is 1.94. The predicted molar refractivity (Wildman–Crippen MR) is 183 cm³/mol. The number of carbonyl (C=O) groups excluding carboxylic acids is 1. The molecule has 1 aliphatic heterocycles. The fourth-order valence-corrected chi connectivity index (χ4v) is 6.00. The standard InChI is InChI=1S/C37H72O9/c1-3-5-6-7-8-9-10-11-12-13-14-15-16-17-18-19-20-21-22-23-24-25-26-27-43-29-31(45-33(39)4-2)30-44-37-36(42)35(41)34(40)32(28-38)46-37/h31-32,34-38,40-42H,3-30H2,1-2H3. The predicted octanol–water partition coefficient (Wildman–Crippen LogP) is 7.13. The summed E-state index contributed by atoms with van der Waals surface area (Å²) < 4.78 is 22.0. The van der Waals surface area contributed by atoms with Gasteiger partial charge in [0.2, 0.25) is 0 Å². The Morgan fingerprint density at radius 3 is 1.46 bits per heavy atom. The van der Waals surface area contributed by atoms with Crippen molar-refractivity contribution in [1.29, 1.82) is 0 Å². The molecule has 1 fully saturated rings. The number of ether oxygens (including phenoxy) is 4. The minimum atomic E-state index is -1.53. The molecule has 1 rings (SSSR count). The Hall–Kier alpha value is -0.810. The molecule has 0 aromatic rings.